The maximum absolute atomic E-state index is 12.6. The second-order valence-corrected chi connectivity index (χ2v) is 7.27. The van der Waals surface area contributed by atoms with Gasteiger partial charge in [-0.2, -0.15) is 0 Å². The van der Waals surface area contributed by atoms with Crippen molar-refractivity contribution >= 4 is 23.5 Å². The summed E-state index contributed by atoms with van der Waals surface area (Å²) in [7, 11) is 0. The van der Waals surface area contributed by atoms with Crippen LogP contribution in [0.25, 0.3) is 0 Å². The second kappa shape index (κ2) is 8.67. The Hall–Kier alpha value is -2.18. The van der Waals surface area contributed by atoms with E-state index in [9.17, 15) is 4.79 Å². The van der Waals surface area contributed by atoms with Crippen molar-refractivity contribution in [2.75, 3.05) is 37.6 Å². The number of benzene rings is 1. The fourth-order valence-electron chi connectivity index (χ4n) is 3.20. The molecule has 0 saturated carbocycles. The number of hydrogen-bond acceptors (Lipinski definition) is 5. The van der Waals surface area contributed by atoms with E-state index in [1.54, 1.807) is 6.20 Å². The molecule has 1 aromatic heterocycles. The van der Waals surface area contributed by atoms with Crippen LogP contribution in [0, 0.1) is 6.92 Å². The van der Waals surface area contributed by atoms with E-state index in [0.29, 0.717) is 22.2 Å². The van der Waals surface area contributed by atoms with Gasteiger partial charge in [-0.3, -0.25) is 4.79 Å². The Balaban J connectivity index is 1.66. The van der Waals surface area contributed by atoms with Crippen LogP contribution in [-0.4, -0.2) is 53.5 Å². The number of rotatable bonds is 5. The number of carbonyl (C=O) groups is 1. The molecule has 1 saturated heterocycles. The zero-order chi connectivity index (χ0) is 19.4. The highest BCUT2D eigenvalue weighted by Gasteiger charge is 2.20. The van der Waals surface area contributed by atoms with Crippen LogP contribution < -0.4 is 10.2 Å². The van der Waals surface area contributed by atoms with Gasteiger partial charge in [0.15, 0.2) is 0 Å². The Kier molecular flexibility index (Phi) is 6.29. The molecule has 1 aliphatic heterocycles. The van der Waals surface area contributed by atoms with Gasteiger partial charge in [-0.25, -0.2) is 9.97 Å². The van der Waals surface area contributed by atoms with Crippen LogP contribution >= 0.6 is 11.6 Å². The number of amides is 1. The monoisotopic (exact) mass is 387 g/mol. The minimum absolute atomic E-state index is 0.129. The Morgan fingerprint density at radius 3 is 2.48 bits per heavy atom. The van der Waals surface area contributed by atoms with Crippen molar-refractivity contribution in [1.82, 2.24) is 20.2 Å². The smallest absolute Gasteiger partial charge is 0.255 e. The van der Waals surface area contributed by atoms with Crippen LogP contribution in [-0.2, 0) is 0 Å². The predicted octanol–water partition coefficient (Wildman–Crippen LogP) is 3.07. The number of carbonyl (C=O) groups excluding carboxylic acids is 1. The Morgan fingerprint density at radius 1 is 1.22 bits per heavy atom. The molecule has 2 heterocycles. The third-order valence-corrected chi connectivity index (χ3v) is 5.28. The summed E-state index contributed by atoms with van der Waals surface area (Å²) < 4.78 is 0. The van der Waals surface area contributed by atoms with Gasteiger partial charge in [-0.05, 0) is 38.1 Å². The Labute approximate surface area is 165 Å². The molecule has 0 aliphatic carbocycles. The van der Waals surface area contributed by atoms with E-state index < -0.39 is 0 Å². The second-order valence-electron chi connectivity index (χ2n) is 6.84. The first kappa shape index (κ1) is 19.6. The van der Waals surface area contributed by atoms with Gasteiger partial charge in [0.1, 0.15) is 0 Å². The number of nitrogens with one attached hydrogen (secondary N) is 1. The van der Waals surface area contributed by atoms with E-state index in [1.165, 1.54) is 0 Å². The van der Waals surface area contributed by atoms with Gasteiger partial charge in [0.2, 0.25) is 5.95 Å². The molecule has 0 spiro atoms. The highest BCUT2D eigenvalue weighted by Crippen LogP contribution is 2.18. The number of aromatic nitrogens is 2. The largest absolute Gasteiger partial charge is 0.345 e. The van der Waals surface area contributed by atoms with Crippen LogP contribution in [0.4, 0.5) is 5.95 Å². The Bertz CT molecular complexity index is 787. The van der Waals surface area contributed by atoms with Crippen LogP contribution in [0.1, 0.15) is 41.5 Å². The number of aryl methyl sites for hydroxylation is 1. The SMILES string of the molecule is CCN1CCN(c2ncc(C(=O)NC(C)c3ccc(Cl)cc3)c(C)n2)CC1. The average Bonchev–Trinajstić information content (AvgIpc) is 2.68. The first-order chi connectivity index (χ1) is 13.0. The van der Waals surface area contributed by atoms with Crippen molar-refractivity contribution in [2.45, 2.75) is 26.8 Å². The normalized spacial score (nSPS) is 16.2. The zero-order valence-corrected chi connectivity index (χ0v) is 16.8. The topological polar surface area (TPSA) is 61.4 Å². The molecule has 1 fully saturated rings. The molecule has 1 unspecified atom stereocenters. The fourth-order valence-corrected chi connectivity index (χ4v) is 3.33. The van der Waals surface area contributed by atoms with Gasteiger partial charge in [0.25, 0.3) is 5.91 Å². The molecule has 0 bridgehead atoms. The van der Waals surface area contributed by atoms with Crippen molar-refractivity contribution in [3.8, 4) is 0 Å². The fraction of sp³-hybridized carbons (Fsp3) is 0.450. The minimum atomic E-state index is -0.169. The molecular formula is C20H26ClN5O. The molecule has 144 valence electrons. The van der Waals surface area contributed by atoms with Crippen molar-refractivity contribution in [1.29, 1.82) is 0 Å². The molecule has 7 heteroatoms. The number of piperazine rings is 1. The zero-order valence-electron chi connectivity index (χ0n) is 16.1. The predicted molar refractivity (Wildman–Crippen MR) is 108 cm³/mol. The van der Waals surface area contributed by atoms with E-state index in [0.717, 1.165) is 38.3 Å². The van der Waals surface area contributed by atoms with Gasteiger partial charge < -0.3 is 15.1 Å². The van der Waals surface area contributed by atoms with Crippen molar-refractivity contribution in [3.63, 3.8) is 0 Å². The molecule has 2 aromatic rings. The quantitative estimate of drug-likeness (QED) is 0.854. The standard InChI is InChI=1S/C20H26ClN5O/c1-4-25-9-11-26(12-10-25)20-22-13-18(15(3)24-20)19(27)23-14(2)16-5-7-17(21)8-6-16/h5-8,13-14H,4,9-12H2,1-3H3,(H,23,27). The number of nitrogens with zero attached hydrogens (tertiary/aromatic N) is 4. The highest BCUT2D eigenvalue weighted by atomic mass is 35.5. The van der Waals surface area contributed by atoms with Gasteiger partial charge >= 0.3 is 0 Å². The molecule has 0 radical (unpaired) electrons. The summed E-state index contributed by atoms with van der Waals surface area (Å²) in [6.07, 6.45) is 1.63. The lowest BCUT2D eigenvalue weighted by Gasteiger charge is -2.34. The summed E-state index contributed by atoms with van der Waals surface area (Å²) in [5, 5.41) is 3.68. The van der Waals surface area contributed by atoms with Gasteiger partial charge in [-0.15, -0.1) is 0 Å². The van der Waals surface area contributed by atoms with E-state index in [1.807, 2.05) is 38.1 Å². The van der Waals surface area contributed by atoms with Crippen LogP contribution in [0.3, 0.4) is 0 Å². The lowest BCUT2D eigenvalue weighted by molar-refractivity contribution is 0.0938. The van der Waals surface area contributed by atoms with E-state index in [-0.39, 0.29) is 11.9 Å². The summed E-state index contributed by atoms with van der Waals surface area (Å²) in [6, 6.07) is 7.34. The first-order valence-corrected chi connectivity index (χ1v) is 9.73. The molecule has 1 aliphatic rings. The Morgan fingerprint density at radius 2 is 1.89 bits per heavy atom. The molecule has 1 N–H and O–H groups in total. The van der Waals surface area contributed by atoms with Crippen LogP contribution in [0.5, 0.6) is 0 Å². The number of hydrogen-bond donors (Lipinski definition) is 1. The first-order valence-electron chi connectivity index (χ1n) is 9.35. The third kappa shape index (κ3) is 4.76. The summed E-state index contributed by atoms with van der Waals surface area (Å²) >= 11 is 5.92. The molecule has 27 heavy (non-hydrogen) atoms. The summed E-state index contributed by atoms with van der Waals surface area (Å²) in [5.74, 6) is 0.530. The molecule has 3 rings (SSSR count). The van der Waals surface area contributed by atoms with Gasteiger partial charge in [-0.1, -0.05) is 30.7 Å². The minimum Gasteiger partial charge on any atom is -0.345 e. The lowest BCUT2D eigenvalue weighted by atomic mass is 10.1. The molecule has 1 atom stereocenters. The third-order valence-electron chi connectivity index (χ3n) is 5.03. The molecule has 6 nitrogen and oxygen atoms in total. The van der Waals surface area contributed by atoms with Gasteiger partial charge in [0.05, 0.1) is 17.3 Å². The van der Waals surface area contributed by atoms with Crippen molar-refractivity contribution in [2.24, 2.45) is 0 Å². The number of anilines is 1. The lowest BCUT2D eigenvalue weighted by Crippen LogP contribution is -2.46. The number of likely N-dealkylation sites (N-methyl/N-ethyl adjacent to an activating group) is 1. The summed E-state index contributed by atoms with van der Waals surface area (Å²) in [6.45, 7) is 10.9. The van der Waals surface area contributed by atoms with Crippen molar-refractivity contribution < 1.29 is 4.79 Å². The van der Waals surface area contributed by atoms with E-state index >= 15 is 0 Å². The summed E-state index contributed by atoms with van der Waals surface area (Å²) in [4.78, 5) is 26.3. The maximum Gasteiger partial charge on any atom is 0.255 e. The van der Waals surface area contributed by atoms with E-state index in [2.05, 4.69) is 32.0 Å². The number of halogens is 1. The molecular weight excluding hydrogens is 362 g/mol. The van der Waals surface area contributed by atoms with Gasteiger partial charge in [0, 0.05) is 37.4 Å². The van der Waals surface area contributed by atoms with Crippen LogP contribution in [0.15, 0.2) is 30.5 Å². The van der Waals surface area contributed by atoms with Crippen LogP contribution in [0.2, 0.25) is 5.02 Å². The highest BCUT2D eigenvalue weighted by molar-refractivity contribution is 6.30. The molecule has 1 amide bonds. The average molecular weight is 388 g/mol. The maximum atomic E-state index is 12.6. The van der Waals surface area contributed by atoms with Crippen molar-refractivity contribution in [3.05, 3.63) is 52.3 Å². The summed E-state index contributed by atoms with van der Waals surface area (Å²) in [5.41, 5.74) is 2.20. The molecule has 1 aromatic carbocycles. The van der Waals surface area contributed by atoms with E-state index in [4.69, 9.17) is 11.6 Å².